The van der Waals surface area contributed by atoms with Crippen molar-refractivity contribution < 1.29 is 41.4 Å². The van der Waals surface area contributed by atoms with Crippen LogP contribution in [0.25, 0.3) is 22.6 Å². The van der Waals surface area contributed by atoms with E-state index in [1.807, 2.05) is 30.3 Å². The molecule has 2 aliphatic rings. The molecule has 3 atom stereocenters. The van der Waals surface area contributed by atoms with E-state index in [0.29, 0.717) is 41.0 Å². The fraction of sp³-hybridized carbons (Fsp3) is 0.267. The van der Waals surface area contributed by atoms with Gasteiger partial charge >= 0.3 is 0 Å². The van der Waals surface area contributed by atoms with Crippen LogP contribution in [0.4, 0.5) is 4.39 Å². The smallest absolute Gasteiger partial charge is 0.249 e. The normalized spacial score (nSPS) is 22.1. The number of fused-ring (bicyclic) bond motifs is 2. The molecule has 2 aliphatic heterocycles. The second-order valence-corrected chi connectivity index (χ2v) is 11.9. The molecular formula is C30H28FN3O8S. The number of nitrogens with two attached hydrogens (primary N) is 1. The predicted octanol–water partition coefficient (Wildman–Crippen LogP) is 4.43. The first-order chi connectivity index (χ1) is 20.7. The minimum atomic E-state index is -3.89. The Morgan fingerprint density at radius 2 is 1.91 bits per heavy atom. The van der Waals surface area contributed by atoms with Crippen molar-refractivity contribution in [1.29, 1.82) is 0 Å². The molecule has 43 heavy (non-hydrogen) atoms. The van der Waals surface area contributed by atoms with Gasteiger partial charge in [-0.15, -0.1) is 0 Å². The van der Waals surface area contributed by atoms with Crippen LogP contribution in [-0.2, 0) is 29.8 Å². The van der Waals surface area contributed by atoms with E-state index in [9.17, 15) is 18.0 Å². The number of hydrogen-bond acceptors (Lipinski definition) is 10. The molecule has 0 unspecified atom stereocenters. The summed E-state index contributed by atoms with van der Waals surface area (Å²) < 4.78 is 67.5. The molecule has 2 fully saturated rings. The van der Waals surface area contributed by atoms with Crippen LogP contribution in [0.2, 0.25) is 0 Å². The van der Waals surface area contributed by atoms with Gasteiger partial charge in [-0.05, 0) is 42.0 Å². The zero-order valence-corrected chi connectivity index (χ0v) is 23.8. The summed E-state index contributed by atoms with van der Waals surface area (Å²) in [5, 5.41) is 18.5. The quantitative estimate of drug-likeness (QED) is 0.159. The largest absolute Gasteiger partial charge is 0.487 e. The molecule has 0 aliphatic carbocycles. The summed E-state index contributed by atoms with van der Waals surface area (Å²) in [6, 6.07) is 19.2. The zero-order valence-electron chi connectivity index (χ0n) is 23.0. The summed E-state index contributed by atoms with van der Waals surface area (Å²) in [6.45, 7) is -0.0606. The molecule has 2 bridgehead atoms. The van der Waals surface area contributed by atoms with Crippen LogP contribution in [0, 0.1) is 5.82 Å². The number of methoxy groups -OCH3 is 1. The Morgan fingerprint density at radius 1 is 1.14 bits per heavy atom. The van der Waals surface area contributed by atoms with Gasteiger partial charge in [0.25, 0.3) is 0 Å². The van der Waals surface area contributed by atoms with E-state index in [4.69, 9.17) is 28.5 Å². The molecule has 224 valence electrons. The van der Waals surface area contributed by atoms with Crippen LogP contribution >= 0.6 is 0 Å². The van der Waals surface area contributed by atoms with Crippen LogP contribution in [-0.4, -0.2) is 57.0 Å². The van der Waals surface area contributed by atoms with Crippen LogP contribution < -0.4 is 9.88 Å². The van der Waals surface area contributed by atoms with Crippen molar-refractivity contribution in [1.82, 2.24) is 4.98 Å². The van der Waals surface area contributed by atoms with E-state index in [0.717, 1.165) is 0 Å². The lowest BCUT2D eigenvalue weighted by Crippen LogP contribution is -2.39. The van der Waals surface area contributed by atoms with Gasteiger partial charge in [-0.25, -0.2) is 22.9 Å². The molecule has 1 aromatic heterocycles. The first-order valence-corrected chi connectivity index (χ1v) is 14.9. The molecule has 0 amide bonds. The number of hydrogen-bond donors (Lipinski definition) is 2. The molecule has 4 aromatic rings. The second kappa shape index (κ2) is 11.5. The molecule has 0 radical (unpaired) electrons. The molecule has 0 saturated carbocycles. The van der Waals surface area contributed by atoms with Crippen molar-refractivity contribution in [3.05, 3.63) is 90.1 Å². The summed E-state index contributed by atoms with van der Waals surface area (Å²) in [5.74, 6) is -0.115. The number of aromatic nitrogens is 1. The average Bonchev–Trinajstić information content (AvgIpc) is 3.58. The highest BCUT2D eigenvalue weighted by Crippen LogP contribution is 2.45. The van der Waals surface area contributed by atoms with Gasteiger partial charge in [-0.1, -0.05) is 35.5 Å². The Bertz CT molecular complexity index is 1760. The lowest BCUT2D eigenvalue weighted by atomic mass is 9.86. The van der Waals surface area contributed by atoms with Crippen molar-refractivity contribution in [2.24, 2.45) is 10.3 Å². The number of nitrogens with zero attached hydrogens (tertiary/aromatic N) is 2. The van der Waals surface area contributed by atoms with Crippen molar-refractivity contribution in [3.8, 4) is 28.3 Å². The van der Waals surface area contributed by atoms with Crippen LogP contribution in [0.1, 0.15) is 24.3 Å². The van der Waals surface area contributed by atoms with Gasteiger partial charge < -0.3 is 28.6 Å². The number of benzene rings is 3. The Morgan fingerprint density at radius 3 is 2.60 bits per heavy atom. The van der Waals surface area contributed by atoms with Gasteiger partial charge in [-0.2, -0.15) is 0 Å². The maximum atomic E-state index is 14.8. The molecule has 3 aromatic carbocycles. The maximum absolute atomic E-state index is 14.8. The van der Waals surface area contributed by atoms with E-state index in [-0.39, 0.29) is 41.6 Å². The predicted molar refractivity (Wildman–Crippen MR) is 152 cm³/mol. The van der Waals surface area contributed by atoms with Crippen LogP contribution in [0.3, 0.4) is 0 Å². The Kier molecular flexibility index (Phi) is 7.75. The van der Waals surface area contributed by atoms with E-state index in [1.165, 1.54) is 36.4 Å². The van der Waals surface area contributed by atoms with Gasteiger partial charge in [0.05, 0.1) is 17.6 Å². The Labute approximate surface area is 246 Å². The highest BCUT2D eigenvalue weighted by atomic mass is 32.2. The number of primary sulfonamides is 1. The molecule has 2 saturated heterocycles. The number of oxazole rings is 1. The lowest BCUT2D eigenvalue weighted by molar-refractivity contribution is -0.162. The summed E-state index contributed by atoms with van der Waals surface area (Å²) >= 11 is 0. The summed E-state index contributed by atoms with van der Waals surface area (Å²) in [4.78, 5) is 4.50. The lowest BCUT2D eigenvalue weighted by Gasteiger charge is -2.35. The SMILES string of the molecule is CO[C@@H]1C[C@@H]2OC[C@@](c3cc(F)cc(OC/C(=N/O)c4nc(-c5ccccc5)c(-c5ccc(S(N)(=O)=O)cc5)o4)c3)(C1)O2. The monoisotopic (exact) mass is 609 g/mol. The first-order valence-electron chi connectivity index (χ1n) is 13.3. The number of ether oxygens (including phenoxy) is 4. The van der Waals surface area contributed by atoms with Gasteiger partial charge in [0.2, 0.25) is 15.9 Å². The number of halogens is 1. The van der Waals surface area contributed by atoms with Crippen molar-refractivity contribution in [2.45, 2.75) is 35.7 Å². The van der Waals surface area contributed by atoms with Gasteiger partial charge in [0, 0.05) is 37.1 Å². The summed E-state index contributed by atoms with van der Waals surface area (Å²) in [6.07, 6.45) is 0.544. The van der Waals surface area contributed by atoms with Gasteiger partial charge in [-0.3, -0.25) is 0 Å². The number of oxime groups is 1. The minimum absolute atomic E-state index is 0.0484. The third-order valence-electron chi connectivity index (χ3n) is 7.47. The average molecular weight is 610 g/mol. The van der Waals surface area contributed by atoms with Crippen LogP contribution in [0.5, 0.6) is 5.75 Å². The molecule has 11 nitrogen and oxygen atoms in total. The zero-order chi connectivity index (χ0) is 30.2. The summed E-state index contributed by atoms with van der Waals surface area (Å²) in [7, 11) is -2.27. The topological polar surface area (TPSA) is 156 Å². The Hall–Kier alpha value is -4.14. The molecule has 6 rings (SSSR count). The maximum Gasteiger partial charge on any atom is 0.249 e. The van der Waals surface area contributed by atoms with Crippen LogP contribution in [0.15, 0.2) is 87.3 Å². The molecule has 0 spiro atoms. The molecular weight excluding hydrogens is 581 g/mol. The standard InChI is InChI=1S/C30H28FN3O8S/c1-38-23-14-26-40-17-30(15-23,42-26)20-11-21(31)13-22(12-20)39-16-25(34-35)29-33-27(18-5-3-2-4-6-18)28(41-29)19-7-9-24(10-8-19)43(32,36)37/h2-13,23,26,35H,14-17H2,1H3,(H2,32,36,37)/b34-25-/t23-,26-,30-/m1/s1. The highest BCUT2D eigenvalue weighted by Gasteiger charge is 2.49. The van der Waals surface area contributed by atoms with E-state index >= 15 is 0 Å². The molecule has 3 N–H and O–H groups in total. The second-order valence-electron chi connectivity index (χ2n) is 10.3. The fourth-order valence-corrected chi connectivity index (χ4v) is 5.82. The van der Waals surface area contributed by atoms with Crippen molar-refractivity contribution >= 4 is 15.7 Å². The van der Waals surface area contributed by atoms with Crippen molar-refractivity contribution in [3.63, 3.8) is 0 Å². The van der Waals surface area contributed by atoms with Crippen molar-refractivity contribution in [2.75, 3.05) is 20.3 Å². The fourth-order valence-electron chi connectivity index (χ4n) is 5.31. The molecule has 13 heteroatoms. The number of rotatable bonds is 9. The van der Waals surface area contributed by atoms with E-state index in [1.54, 1.807) is 13.2 Å². The van der Waals surface area contributed by atoms with E-state index in [2.05, 4.69) is 10.1 Å². The highest BCUT2D eigenvalue weighted by molar-refractivity contribution is 7.89. The molecule has 3 heterocycles. The Balaban J connectivity index is 1.28. The first kappa shape index (κ1) is 29.0. The van der Waals surface area contributed by atoms with Gasteiger partial charge in [0.1, 0.15) is 29.5 Å². The minimum Gasteiger partial charge on any atom is -0.487 e. The third-order valence-corrected chi connectivity index (χ3v) is 8.39. The van der Waals surface area contributed by atoms with Gasteiger partial charge in [0.15, 0.2) is 17.8 Å². The van der Waals surface area contributed by atoms with E-state index < -0.39 is 27.7 Å². The number of sulfonamides is 1. The summed E-state index contributed by atoms with van der Waals surface area (Å²) in [5.41, 5.74) is 1.24. The third kappa shape index (κ3) is 5.90.